The summed E-state index contributed by atoms with van der Waals surface area (Å²) in [5.41, 5.74) is 0. The van der Waals surface area contributed by atoms with Gasteiger partial charge in [0.2, 0.25) is 0 Å². The van der Waals surface area contributed by atoms with Gasteiger partial charge in [0.1, 0.15) is 0 Å². The lowest BCUT2D eigenvalue weighted by molar-refractivity contribution is -0.968. The van der Waals surface area contributed by atoms with Crippen LogP contribution in [0.1, 0.15) is 19.8 Å². The lowest BCUT2D eigenvalue weighted by Gasteiger charge is -2.49. The van der Waals surface area contributed by atoms with Crippen LogP contribution in [0.3, 0.4) is 0 Å². The first-order chi connectivity index (χ1) is 8.40. The molecule has 114 valence electrons. The molecule has 0 aromatic carbocycles. The molecule has 0 aliphatic carbocycles. The number of quaternary nitrogens is 1. The molecule has 0 bridgehead atoms. The van der Waals surface area contributed by atoms with Crippen LogP contribution in [-0.2, 0) is 19.4 Å². The number of hydrogen-bond donors (Lipinski definition) is 1. The van der Waals surface area contributed by atoms with Gasteiger partial charge < -0.3 is 9.90 Å². The Morgan fingerprint density at radius 2 is 1.89 bits per heavy atom. The number of carbonyl (C=O) groups excluding carboxylic acids is 1. The summed E-state index contributed by atoms with van der Waals surface area (Å²) in [5, 5.41) is 11.5. The molecule has 0 heterocycles. The number of carboxylic acids is 1. The molecule has 0 rings (SSSR count). The Morgan fingerprint density at radius 3 is 2.16 bits per heavy atom. The summed E-state index contributed by atoms with van der Waals surface area (Å²) in [6.45, 7) is 2.25. The summed E-state index contributed by atoms with van der Waals surface area (Å²) >= 11 is 0. The average molecular weight is 298 g/mol. The zero-order valence-corrected chi connectivity index (χ0v) is 12.7. The van der Waals surface area contributed by atoms with E-state index < -0.39 is 22.2 Å². The Hall–Kier alpha value is -0.740. The van der Waals surface area contributed by atoms with Crippen molar-refractivity contribution in [3.63, 3.8) is 0 Å². The first-order valence-electron chi connectivity index (χ1n) is 5.80. The van der Waals surface area contributed by atoms with Gasteiger partial charge >= 0.3 is 16.2 Å². The van der Waals surface area contributed by atoms with Gasteiger partial charge in [-0.2, -0.15) is 12.6 Å². The van der Waals surface area contributed by atoms with Crippen LogP contribution in [0.15, 0.2) is 0 Å². The molecule has 0 aliphatic heterocycles. The Balaban J connectivity index is 5.79. The van der Waals surface area contributed by atoms with E-state index in [1.54, 1.807) is 0 Å². The van der Waals surface area contributed by atoms with Gasteiger partial charge in [0.15, 0.2) is 5.97 Å². The van der Waals surface area contributed by atoms with Crippen LogP contribution in [0.2, 0.25) is 0 Å². The minimum atomic E-state index is -4.96. The lowest BCUT2D eigenvalue weighted by Crippen LogP contribution is -2.75. The van der Waals surface area contributed by atoms with Crippen molar-refractivity contribution in [1.82, 2.24) is 4.90 Å². The van der Waals surface area contributed by atoms with Crippen LogP contribution in [0.5, 0.6) is 0 Å². The minimum absolute atomic E-state index is 0.332. The van der Waals surface area contributed by atoms with Crippen LogP contribution in [0.4, 0.5) is 0 Å². The molecule has 0 aliphatic rings. The van der Waals surface area contributed by atoms with E-state index in [2.05, 4.69) is 4.18 Å². The zero-order chi connectivity index (χ0) is 15.5. The van der Waals surface area contributed by atoms with Crippen LogP contribution in [-0.4, -0.2) is 68.9 Å². The topological polar surface area (TPSA) is 107 Å². The average Bonchev–Trinajstić information content (AvgIpc) is 2.20. The Morgan fingerprint density at radius 1 is 1.42 bits per heavy atom. The summed E-state index contributed by atoms with van der Waals surface area (Å²) < 4.78 is 35.0. The first-order valence-corrected chi connectivity index (χ1v) is 7.17. The number of aliphatic carboxylic acids is 1. The molecule has 19 heavy (non-hydrogen) atoms. The molecule has 0 saturated heterocycles. The zero-order valence-electron chi connectivity index (χ0n) is 11.9. The second-order valence-electron chi connectivity index (χ2n) is 5.06. The first kappa shape index (κ1) is 18.3. The van der Waals surface area contributed by atoms with E-state index in [4.69, 9.17) is 4.55 Å². The van der Waals surface area contributed by atoms with Crippen molar-refractivity contribution in [3.8, 4) is 0 Å². The SMILES string of the molecule is CCCC[N+](C)(C)C(OS(=O)(=O)O)(C(=O)[O-])N(C)C. The van der Waals surface area contributed by atoms with Gasteiger partial charge in [0.05, 0.1) is 20.6 Å². The van der Waals surface area contributed by atoms with Crippen LogP contribution < -0.4 is 5.11 Å². The summed E-state index contributed by atoms with van der Waals surface area (Å²) in [6, 6.07) is 0. The molecule has 8 nitrogen and oxygen atoms in total. The van der Waals surface area contributed by atoms with Gasteiger partial charge in [-0.25, -0.2) is 4.90 Å². The minimum Gasteiger partial charge on any atom is -0.541 e. The number of unbranched alkanes of at least 4 members (excludes halogenated alkanes) is 1. The van der Waals surface area contributed by atoms with Gasteiger partial charge in [-0.1, -0.05) is 13.3 Å². The number of nitrogens with zero attached hydrogens (tertiary/aromatic N) is 2. The van der Waals surface area contributed by atoms with Crippen molar-refractivity contribution in [2.75, 3.05) is 34.7 Å². The highest BCUT2D eigenvalue weighted by molar-refractivity contribution is 7.80. The lowest BCUT2D eigenvalue weighted by atomic mass is 10.2. The monoisotopic (exact) mass is 298 g/mol. The van der Waals surface area contributed by atoms with E-state index in [0.717, 1.165) is 11.3 Å². The highest BCUT2D eigenvalue weighted by atomic mass is 32.3. The van der Waals surface area contributed by atoms with Crippen LogP contribution >= 0.6 is 0 Å². The van der Waals surface area contributed by atoms with Crippen molar-refractivity contribution >= 4 is 16.4 Å². The van der Waals surface area contributed by atoms with Crippen molar-refractivity contribution in [1.29, 1.82) is 0 Å². The normalized spacial score (nSPS) is 16.4. The largest absolute Gasteiger partial charge is 0.541 e. The number of rotatable bonds is 8. The summed E-state index contributed by atoms with van der Waals surface area (Å²) in [4.78, 5) is 12.5. The molecule has 0 saturated carbocycles. The number of carboxylic acid groups (broad SMARTS) is 1. The second kappa shape index (κ2) is 6.14. The fourth-order valence-electron chi connectivity index (χ4n) is 2.03. The predicted octanol–water partition coefficient (Wildman–Crippen LogP) is -1.35. The highest BCUT2D eigenvalue weighted by Gasteiger charge is 2.54. The van der Waals surface area contributed by atoms with Crippen molar-refractivity contribution in [2.24, 2.45) is 0 Å². The van der Waals surface area contributed by atoms with Crippen LogP contribution in [0, 0.1) is 0 Å². The summed E-state index contributed by atoms with van der Waals surface area (Å²) in [7, 11) is 0.716. The van der Waals surface area contributed by atoms with Gasteiger partial charge in [-0.15, -0.1) is 0 Å². The molecule has 0 spiro atoms. The van der Waals surface area contributed by atoms with Crippen molar-refractivity contribution in [3.05, 3.63) is 0 Å². The van der Waals surface area contributed by atoms with Crippen molar-refractivity contribution in [2.45, 2.75) is 25.6 Å². The number of hydrogen-bond acceptors (Lipinski definition) is 6. The molecule has 0 radical (unpaired) electrons. The third-order valence-electron chi connectivity index (χ3n) is 2.98. The molecule has 9 heteroatoms. The third kappa shape index (κ3) is 4.11. The van der Waals surface area contributed by atoms with Gasteiger partial charge in [0, 0.05) is 0 Å². The summed E-state index contributed by atoms with van der Waals surface area (Å²) in [5.74, 6) is -4.07. The van der Waals surface area contributed by atoms with E-state index >= 15 is 0 Å². The predicted molar refractivity (Wildman–Crippen MR) is 65.9 cm³/mol. The fourth-order valence-corrected chi connectivity index (χ4v) is 2.74. The molecule has 1 N–H and O–H groups in total. The molecular weight excluding hydrogens is 276 g/mol. The smallest absolute Gasteiger partial charge is 0.403 e. The van der Waals surface area contributed by atoms with Gasteiger partial charge in [-0.3, -0.25) is 9.04 Å². The molecule has 0 fully saturated rings. The van der Waals surface area contributed by atoms with E-state index in [-0.39, 0.29) is 4.48 Å². The molecule has 0 amide bonds. The van der Waals surface area contributed by atoms with E-state index in [1.165, 1.54) is 28.2 Å². The number of carbonyl (C=O) groups is 1. The maximum atomic E-state index is 11.5. The molecule has 0 aromatic heterocycles. The quantitative estimate of drug-likeness (QED) is 0.335. The van der Waals surface area contributed by atoms with E-state index in [9.17, 15) is 18.3 Å². The maximum absolute atomic E-state index is 11.5. The molecular formula is C10H22N2O6S. The Labute approximate surface area is 114 Å². The second-order valence-corrected chi connectivity index (χ2v) is 6.09. The van der Waals surface area contributed by atoms with Crippen molar-refractivity contribution < 1.29 is 31.5 Å². The highest BCUT2D eigenvalue weighted by Crippen LogP contribution is 2.27. The van der Waals surface area contributed by atoms with E-state index in [0.29, 0.717) is 13.0 Å². The van der Waals surface area contributed by atoms with E-state index in [1.807, 2.05) is 6.92 Å². The maximum Gasteiger partial charge on any atom is 0.403 e. The van der Waals surface area contributed by atoms with Gasteiger partial charge in [-0.05, 0) is 20.5 Å². The summed E-state index contributed by atoms with van der Waals surface area (Å²) in [6.07, 6.45) is 1.45. The Bertz CT molecular complexity index is 420. The number of likely N-dealkylation sites (N-methyl/N-ethyl adjacent to an activating group) is 2. The molecule has 1 unspecified atom stereocenters. The molecule has 0 aromatic rings. The third-order valence-corrected chi connectivity index (χ3v) is 3.43. The Kier molecular flexibility index (Phi) is 5.90. The fraction of sp³-hybridized carbons (Fsp3) is 0.900. The van der Waals surface area contributed by atoms with Crippen LogP contribution in [0.25, 0.3) is 0 Å². The standard InChI is InChI=1S/C10H22N2O6S/c1-6-7-8-12(4,5)10(9(13)14,11(2)3)18-19(15,16)17/h6-8H2,1-5H3,(H-,13,14,15,16,17). The molecule has 1 atom stereocenters. The van der Waals surface area contributed by atoms with Gasteiger partial charge in [0.25, 0.3) is 0 Å².